The van der Waals surface area contributed by atoms with Crippen molar-refractivity contribution in [2.45, 2.75) is 18.9 Å². The lowest BCUT2D eigenvalue weighted by Crippen LogP contribution is -2.31. The van der Waals surface area contributed by atoms with Crippen LogP contribution in [0.1, 0.15) is 51.5 Å². The van der Waals surface area contributed by atoms with E-state index in [4.69, 9.17) is 9.47 Å². The average molecular weight is 428 g/mol. The van der Waals surface area contributed by atoms with Gasteiger partial charge in [-0.1, -0.05) is 31.2 Å². The summed E-state index contributed by atoms with van der Waals surface area (Å²) in [4.78, 5) is 11.7. The van der Waals surface area contributed by atoms with Crippen molar-refractivity contribution in [3.05, 3.63) is 88.5 Å². The summed E-state index contributed by atoms with van der Waals surface area (Å²) >= 11 is 0. The first-order valence-corrected chi connectivity index (χ1v) is 10.3. The molecule has 32 heavy (non-hydrogen) atoms. The number of carbonyl (C=O) groups is 1. The molecule has 0 fully saturated rings. The molecule has 0 saturated carbocycles. The van der Waals surface area contributed by atoms with Gasteiger partial charge < -0.3 is 19.9 Å². The van der Waals surface area contributed by atoms with Crippen LogP contribution in [0, 0.1) is 17.2 Å². The van der Waals surface area contributed by atoms with Gasteiger partial charge in [0.1, 0.15) is 0 Å². The number of methoxy groups -OCH3 is 2. The summed E-state index contributed by atoms with van der Waals surface area (Å²) in [7, 11) is 3.18. The van der Waals surface area contributed by atoms with Crippen molar-refractivity contribution < 1.29 is 19.4 Å². The van der Waals surface area contributed by atoms with Crippen LogP contribution in [0.4, 0.5) is 5.69 Å². The van der Waals surface area contributed by atoms with Crippen LogP contribution in [-0.4, -0.2) is 25.3 Å². The van der Waals surface area contributed by atoms with Crippen molar-refractivity contribution >= 4 is 11.7 Å². The molecule has 3 atom stereocenters. The molecule has 0 spiro atoms. The monoisotopic (exact) mass is 428 g/mol. The highest BCUT2D eigenvalue weighted by molar-refractivity contribution is 5.89. The summed E-state index contributed by atoms with van der Waals surface area (Å²) in [5.41, 5.74) is 4.51. The Labute approximate surface area is 187 Å². The molecule has 6 nitrogen and oxygen atoms in total. The minimum Gasteiger partial charge on any atom is -0.493 e. The van der Waals surface area contributed by atoms with Gasteiger partial charge in [-0.15, -0.1) is 0 Å². The zero-order valence-corrected chi connectivity index (χ0v) is 18.1. The van der Waals surface area contributed by atoms with E-state index in [1.54, 1.807) is 32.4 Å². The van der Waals surface area contributed by atoms with Gasteiger partial charge in [0.25, 0.3) is 0 Å². The molecule has 0 amide bonds. The zero-order valence-electron chi connectivity index (χ0n) is 18.1. The zero-order chi connectivity index (χ0) is 22.8. The summed E-state index contributed by atoms with van der Waals surface area (Å²) in [6.07, 6.45) is 0. The van der Waals surface area contributed by atoms with Gasteiger partial charge >= 0.3 is 5.97 Å². The lowest BCUT2D eigenvalue weighted by Gasteiger charge is -2.40. The number of nitriles is 1. The minimum atomic E-state index is -0.969. The highest BCUT2D eigenvalue weighted by Crippen LogP contribution is 2.49. The van der Waals surface area contributed by atoms with Gasteiger partial charge in [0.05, 0.1) is 37.5 Å². The number of aromatic carboxylic acids is 1. The van der Waals surface area contributed by atoms with Crippen molar-refractivity contribution in [3.8, 4) is 17.6 Å². The standard InChI is InChI=1S/C26H24N2O4/c1-15-24(16-9-11-22(31-2)23(13-16)32-3)20-12-17(26(29)30)8-10-21(20)28-25(15)19-7-5-4-6-18(19)14-27/h4-13,15,24-25,28H,1-3H3,(H,29,30)/t15-,24+,25+/m0/s1. The van der Waals surface area contributed by atoms with E-state index in [9.17, 15) is 15.2 Å². The Morgan fingerprint density at radius 3 is 2.44 bits per heavy atom. The van der Waals surface area contributed by atoms with E-state index in [1.165, 1.54) is 0 Å². The molecule has 3 aromatic carbocycles. The Morgan fingerprint density at radius 2 is 1.75 bits per heavy atom. The molecule has 1 aliphatic rings. The first-order chi connectivity index (χ1) is 15.5. The first-order valence-electron chi connectivity index (χ1n) is 10.3. The second-order valence-corrected chi connectivity index (χ2v) is 7.88. The predicted molar refractivity (Wildman–Crippen MR) is 121 cm³/mol. The maximum atomic E-state index is 11.7. The number of carboxylic acids is 1. The smallest absolute Gasteiger partial charge is 0.335 e. The van der Waals surface area contributed by atoms with E-state index in [-0.39, 0.29) is 23.4 Å². The van der Waals surface area contributed by atoms with Crippen LogP contribution in [-0.2, 0) is 0 Å². The number of carboxylic acid groups (broad SMARTS) is 1. The maximum Gasteiger partial charge on any atom is 0.335 e. The first kappa shape index (κ1) is 21.3. The molecule has 0 bridgehead atoms. The second-order valence-electron chi connectivity index (χ2n) is 7.88. The van der Waals surface area contributed by atoms with Gasteiger partial charge in [-0.25, -0.2) is 4.79 Å². The van der Waals surface area contributed by atoms with Crippen LogP contribution in [0.25, 0.3) is 0 Å². The van der Waals surface area contributed by atoms with E-state index >= 15 is 0 Å². The van der Waals surface area contributed by atoms with E-state index in [1.807, 2.05) is 42.5 Å². The molecule has 0 aromatic heterocycles. The largest absolute Gasteiger partial charge is 0.493 e. The third kappa shape index (κ3) is 3.63. The molecule has 0 radical (unpaired) electrons. The fourth-order valence-corrected chi connectivity index (χ4v) is 4.62. The quantitative estimate of drug-likeness (QED) is 0.580. The van der Waals surface area contributed by atoms with Crippen molar-refractivity contribution in [1.29, 1.82) is 5.26 Å². The number of nitrogens with zero attached hydrogens (tertiary/aromatic N) is 1. The van der Waals surface area contributed by atoms with E-state index in [0.29, 0.717) is 17.1 Å². The molecular weight excluding hydrogens is 404 g/mol. The van der Waals surface area contributed by atoms with Crippen molar-refractivity contribution in [2.24, 2.45) is 5.92 Å². The summed E-state index contributed by atoms with van der Waals surface area (Å²) in [5.74, 6) is 0.161. The number of benzene rings is 3. The third-order valence-electron chi connectivity index (χ3n) is 6.18. The highest BCUT2D eigenvalue weighted by Gasteiger charge is 2.37. The lowest BCUT2D eigenvalue weighted by molar-refractivity contribution is 0.0696. The SMILES string of the molecule is COc1ccc([C@@H]2c3cc(C(=O)O)ccc3N[C@@H](c3ccccc3C#N)[C@H]2C)cc1OC. The molecule has 0 saturated heterocycles. The number of nitrogens with one attached hydrogen (secondary N) is 1. The van der Waals surface area contributed by atoms with Crippen LogP contribution in [0.3, 0.4) is 0 Å². The molecule has 162 valence electrons. The van der Waals surface area contributed by atoms with Gasteiger partial charge in [-0.2, -0.15) is 5.26 Å². The fraction of sp³-hybridized carbons (Fsp3) is 0.231. The molecule has 1 aliphatic heterocycles. The Balaban J connectivity index is 1.91. The number of hydrogen-bond donors (Lipinski definition) is 2. The van der Waals surface area contributed by atoms with Crippen molar-refractivity contribution in [1.82, 2.24) is 0 Å². The van der Waals surface area contributed by atoms with Crippen molar-refractivity contribution in [2.75, 3.05) is 19.5 Å². The van der Waals surface area contributed by atoms with Gasteiger partial charge in [0.2, 0.25) is 0 Å². The Hall–Kier alpha value is -3.98. The third-order valence-corrected chi connectivity index (χ3v) is 6.18. The van der Waals surface area contributed by atoms with Gasteiger partial charge in [-0.05, 0) is 59.0 Å². The van der Waals surface area contributed by atoms with Crippen LogP contribution in [0.2, 0.25) is 0 Å². The summed E-state index contributed by atoms with van der Waals surface area (Å²) < 4.78 is 10.9. The number of fused-ring (bicyclic) bond motifs is 1. The molecule has 3 aromatic rings. The highest BCUT2D eigenvalue weighted by atomic mass is 16.5. The fourth-order valence-electron chi connectivity index (χ4n) is 4.62. The Morgan fingerprint density at radius 1 is 1.00 bits per heavy atom. The topological polar surface area (TPSA) is 91.6 Å². The lowest BCUT2D eigenvalue weighted by atomic mass is 9.72. The minimum absolute atomic E-state index is 0.0131. The number of ether oxygens (including phenoxy) is 2. The summed E-state index contributed by atoms with van der Waals surface area (Å²) in [6.45, 7) is 2.11. The second kappa shape index (κ2) is 8.64. The number of anilines is 1. The normalized spacial score (nSPS) is 19.2. The van der Waals surface area contributed by atoms with Crippen molar-refractivity contribution in [3.63, 3.8) is 0 Å². The number of rotatable bonds is 5. The van der Waals surface area contributed by atoms with E-state index in [2.05, 4.69) is 18.3 Å². The molecule has 0 unspecified atom stereocenters. The molecular formula is C26H24N2O4. The van der Waals surface area contributed by atoms with Gasteiger partial charge in [0, 0.05) is 11.6 Å². The molecule has 6 heteroatoms. The number of hydrogen-bond acceptors (Lipinski definition) is 5. The van der Waals surface area contributed by atoms with Gasteiger partial charge in [-0.3, -0.25) is 0 Å². The molecule has 2 N–H and O–H groups in total. The predicted octanol–water partition coefficient (Wildman–Crippen LogP) is 5.21. The van der Waals surface area contributed by atoms with Crippen LogP contribution >= 0.6 is 0 Å². The van der Waals surface area contributed by atoms with Gasteiger partial charge in [0.15, 0.2) is 11.5 Å². The van der Waals surface area contributed by atoms with E-state index < -0.39 is 5.97 Å². The summed E-state index contributed by atoms with van der Waals surface area (Å²) in [5, 5.41) is 22.8. The van der Waals surface area contributed by atoms with Crippen LogP contribution in [0.15, 0.2) is 60.7 Å². The van der Waals surface area contributed by atoms with Crippen LogP contribution < -0.4 is 14.8 Å². The summed E-state index contributed by atoms with van der Waals surface area (Å²) in [6, 6.07) is 20.7. The molecule has 1 heterocycles. The maximum absolute atomic E-state index is 11.7. The Kier molecular flexibility index (Phi) is 5.74. The Bertz CT molecular complexity index is 1210. The average Bonchev–Trinajstić information content (AvgIpc) is 2.82. The van der Waals surface area contributed by atoms with Crippen LogP contribution in [0.5, 0.6) is 11.5 Å². The van der Waals surface area contributed by atoms with E-state index in [0.717, 1.165) is 22.4 Å². The molecule has 0 aliphatic carbocycles. The molecule has 4 rings (SSSR count).